The summed E-state index contributed by atoms with van der Waals surface area (Å²) in [6.45, 7) is 14.5. The van der Waals surface area contributed by atoms with Gasteiger partial charge in [-0.2, -0.15) is 0 Å². The van der Waals surface area contributed by atoms with Crippen molar-refractivity contribution in [1.29, 1.82) is 0 Å². The first-order chi connectivity index (χ1) is 14.5. The van der Waals surface area contributed by atoms with Gasteiger partial charge in [0.25, 0.3) is 0 Å². The van der Waals surface area contributed by atoms with Crippen molar-refractivity contribution in [3.05, 3.63) is 36.0 Å². The molecule has 0 spiro atoms. The molecule has 0 amide bonds. The zero-order valence-electron chi connectivity index (χ0n) is 18.9. The van der Waals surface area contributed by atoms with E-state index in [4.69, 9.17) is 19.1 Å². The molecule has 2 rings (SSSR count). The van der Waals surface area contributed by atoms with Crippen LogP contribution in [0, 0.1) is 11.3 Å². The number of hydrogen-bond acceptors (Lipinski definition) is 8. The predicted octanol–water partition coefficient (Wildman–Crippen LogP) is 3.52. The number of fused-ring (bicyclic) bond motifs is 1. The molecule has 0 radical (unpaired) electrons. The van der Waals surface area contributed by atoms with Crippen molar-refractivity contribution in [1.82, 2.24) is 0 Å². The van der Waals surface area contributed by atoms with Gasteiger partial charge in [-0.25, -0.2) is 14.5 Å². The topological polar surface area (TPSA) is 108 Å². The maximum Gasteiger partial charge on any atom is 0.333 e. The molecular formula is C23H32O8. The van der Waals surface area contributed by atoms with E-state index in [2.05, 4.69) is 13.2 Å². The van der Waals surface area contributed by atoms with Crippen LogP contribution in [0.15, 0.2) is 36.0 Å². The highest BCUT2D eigenvalue weighted by molar-refractivity contribution is 5.89. The Hall–Kier alpha value is -2.45. The van der Waals surface area contributed by atoms with E-state index in [0.717, 1.165) is 0 Å². The second kappa shape index (κ2) is 9.36. The maximum atomic E-state index is 12.3. The number of hydrogen-bond donors (Lipinski definition) is 1. The van der Waals surface area contributed by atoms with Crippen LogP contribution in [0.3, 0.4) is 0 Å². The predicted molar refractivity (Wildman–Crippen MR) is 112 cm³/mol. The summed E-state index contributed by atoms with van der Waals surface area (Å²) in [4.78, 5) is 41.4. The quantitative estimate of drug-likeness (QED) is 0.168. The molecule has 2 aliphatic carbocycles. The van der Waals surface area contributed by atoms with E-state index in [1.165, 1.54) is 14.0 Å². The lowest BCUT2D eigenvalue weighted by Crippen LogP contribution is -2.62. The number of allylic oxidation sites excluding steroid dienone is 1. The lowest BCUT2D eigenvalue weighted by atomic mass is 9.52. The molecule has 1 N–H and O–H groups in total. The molecule has 5 unspecified atom stereocenters. The molecule has 2 fully saturated rings. The summed E-state index contributed by atoms with van der Waals surface area (Å²) in [5, 5.41) is 10.1. The highest BCUT2D eigenvalue weighted by atomic mass is 17.1. The average molecular weight is 437 g/mol. The summed E-state index contributed by atoms with van der Waals surface area (Å²) in [6.07, 6.45) is 1.64. The Labute approximate surface area is 182 Å². The number of methoxy groups -OCH3 is 1. The van der Waals surface area contributed by atoms with Crippen molar-refractivity contribution in [2.75, 3.05) is 7.11 Å². The van der Waals surface area contributed by atoms with Crippen LogP contribution in [0.2, 0.25) is 0 Å². The molecule has 2 aliphatic rings. The fourth-order valence-corrected chi connectivity index (χ4v) is 4.79. The zero-order chi connectivity index (χ0) is 23.6. The molecular weight excluding hydrogens is 404 g/mol. The van der Waals surface area contributed by atoms with Crippen molar-refractivity contribution < 1.29 is 38.7 Å². The Balaban J connectivity index is 2.45. The first-order valence-corrected chi connectivity index (χ1v) is 10.3. The van der Waals surface area contributed by atoms with Gasteiger partial charge in [-0.15, -0.1) is 0 Å². The van der Waals surface area contributed by atoms with E-state index in [-0.39, 0.29) is 12.0 Å². The molecule has 8 heteroatoms. The highest BCUT2D eigenvalue weighted by Crippen LogP contribution is 2.59. The van der Waals surface area contributed by atoms with Gasteiger partial charge >= 0.3 is 17.9 Å². The smallest absolute Gasteiger partial charge is 0.333 e. The maximum absolute atomic E-state index is 12.3. The van der Waals surface area contributed by atoms with E-state index in [0.29, 0.717) is 30.4 Å². The Morgan fingerprint density at radius 2 is 1.81 bits per heavy atom. The minimum atomic E-state index is -1.34. The van der Waals surface area contributed by atoms with E-state index in [9.17, 15) is 19.6 Å². The van der Waals surface area contributed by atoms with Crippen molar-refractivity contribution in [3.8, 4) is 0 Å². The van der Waals surface area contributed by atoms with E-state index < -0.39 is 47.0 Å². The molecule has 0 heterocycles. The number of carbonyl (C=O) groups is 3. The van der Waals surface area contributed by atoms with Gasteiger partial charge < -0.3 is 14.2 Å². The summed E-state index contributed by atoms with van der Waals surface area (Å²) < 4.78 is 16.0. The summed E-state index contributed by atoms with van der Waals surface area (Å²) in [7, 11) is 1.23. The van der Waals surface area contributed by atoms with Crippen LogP contribution >= 0.6 is 0 Å². The third-order valence-electron chi connectivity index (χ3n) is 6.82. The molecule has 0 bridgehead atoms. The minimum Gasteiger partial charge on any atom is -0.466 e. The highest BCUT2D eigenvalue weighted by Gasteiger charge is 2.63. The first kappa shape index (κ1) is 24.8. The van der Waals surface area contributed by atoms with E-state index in [1.807, 2.05) is 6.92 Å². The van der Waals surface area contributed by atoms with Crippen molar-refractivity contribution in [3.63, 3.8) is 0 Å². The molecule has 5 atom stereocenters. The Morgan fingerprint density at radius 3 is 2.32 bits per heavy atom. The van der Waals surface area contributed by atoms with Crippen LogP contribution in [0.25, 0.3) is 0 Å². The summed E-state index contributed by atoms with van der Waals surface area (Å²) >= 11 is 0. The number of esters is 3. The normalized spacial score (nSPS) is 33.2. The van der Waals surface area contributed by atoms with Crippen LogP contribution in [0.1, 0.15) is 53.4 Å². The van der Waals surface area contributed by atoms with Crippen molar-refractivity contribution in [2.24, 2.45) is 11.3 Å². The Bertz CT molecular complexity index is 812. The fraction of sp³-hybridized carbons (Fsp3) is 0.609. The molecule has 31 heavy (non-hydrogen) atoms. The molecule has 2 saturated carbocycles. The standard InChI is InChI=1S/C23H32O8/c1-8-13(2)20(25)30-18-9-10-22(6)12-19(29-16(5)24)17(14(3)21(26)28-7)11-23(22,31-27)15(18)4/h8,17-19,27H,3-4,9-12H2,1-2,5-7H3. The molecule has 0 saturated heterocycles. The van der Waals surface area contributed by atoms with E-state index in [1.54, 1.807) is 19.9 Å². The van der Waals surface area contributed by atoms with Crippen LogP contribution in [-0.4, -0.2) is 48.1 Å². The number of ether oxygens (including phenoxy) is 3. The molecule has 0 aromatic carbocycles. The summed E-state index contributed by atoms with van der Waals surface area (Å²) in [5.74, 6) is -2.29. The average Bonchev–Trinajstić information content (AvgIpc) is 2.73. The molecule has 0 aromatic rings. The van der Waals surface area contributed by atoms with Crippen molar-refractivity contribution in [2.45, 2.75) is 71.2 Å². The van der Waals surface area contributed by atoms with Gasteiger partial charge in [0, 0.05) is 29.4 Å². The van der Waals surface area contributed by atoms with Crippen LogP contribution in [0.4, 0.5) is 0 Å². The summed E-state index contributed by atoms with van der Waals surface area (Å²) in [5.41, 5.74) is -1.08. The van der Waals surface area contributed by atoms with Crippen LogP contribution in [0.5, 0.6) is 0 Å². The lowest BCUT2D eigenvalue weighted by Gasteiger charge is -2.58. The lowest BCUT2D eigenvalue weighted by molar-refractivity contribution is -0.362. The van der Waals surface area contributed by atoms with Gasteiger partial charge in [-0.05, 0) is 45.1 Å². The Morgan fingerprint density at radius 1 is 1.16 bits per heavy atom. The molecule has 0 aliphatic heterocycles. The number of rotatable bonds is 6. The molecule has 172 valence electrons. The van der Waals surface area contributed by atoms with E-state index >= 15 is 0 Å². The van der Waals surface area contributed by atoms with Gasteiger partial charge in [-0.1, -0.05) is 26.2 Å². The SMILES string of the molecule is C=C(C(=O)OC)C1CC2(OO)C(=C)C(OC(=O)C(C)=CC)CCC2(C)CC1OC(C)=O. The third kappa shape index (κ3) is 4.45. The van der Waals surface area contributed by atoms with Crippen LogP contribution in [-0.2, 0) is 33.5 Å². The van der Waals surface area contributed by atoms with Gasteiger partial charge in [0.1, 0.15) is 17.8 Å². The molecule has 8 nitrogen and oxygen atoms in total. The minimum absolute atomic E-state index is 0.0569. The van der Waals surface area contributed by atoms with Gasteiger partial charge in [-0.3, -0.25) is 10.1 Å². The van der Waals surface area contributed by atoms with Gasteiger partial charge in [0.05, 0.1) is 7.11 Å². The second-order valence-corrected chi connectivity index (χ2v) is 8.59. The van der Waals surface area contributed by atoms with Gasteiger partial charge in [0.15, 0.2) is 0 Å². The first-order valence-electron chi connectivity index (χ1n) is 10.3. The van der Waals surface area contributed by atoms with Crippen molar-refractivity contribution >= 4 is 17.9 Å². The summed E-state index contributed by atoms with van der Waals surface area (Å²) in [6, 6.07) is 0. The van der Waals surface area contributed by atoms with Crippen LogP contribution < -0.4 is 0 Å². The van der Waals surface area contributed by atoms with Gasteiger partial charge in [0.2, 0.25) is 0 Å². The largest absolute Gasteiger partial charge is 0.466 e. The zero-order valence-corrected chi connectivity index (χ0v) is 18.9. The number of carbonyl (C=O) groups excluding carboxylic acids is 3. The third-order valence-corrected chi connectivity index (χ3v) is 6.82. The second-order valence-electron chi connectivity index (χ2n) is 8.59. The Kier molecular flexibility index (Phi) is 7.49. The monoisotopic (exact) mass is 436 g/mol. The fourth-order valence-electron chi connectivity index (χ4n) is 4.79. The molecule has 0 aromatic heterocycles.